The molecule has 112 valence electrons. The molecular weight excluding hydrogens is 404 g/mol. The van der Waals surface area contributed by atoms with Gasteiger partial charge in [0.25, 0.3) is 0 Å². The molecule has 0 fully saturated rings. The van der Waals surface area contributed by atoms with Crippen LogP contribution in [0.15, 0.2) is 33.4 Å². The van der Waals surface area contributed by atoms with E-state index in [9.17, 15) is 8.42 Å². The fourth-order valence-electron chi connectivity index (χ4n) is 1.10. The molecule has 10 heteroatoms. The molecule has 0 amide bonds. The van der Waals surface area contributed by atoms with Gasteiger partial charge in [0.2, 0.25) is 0 Å². The van der Waals surface area contributed by atoms with Crippen LogP contribution in [0.25, 0.3) is 0 Å². The number of rotatable bonds is 5. The van der Waals surface area contributed by atoms with E-state index in [4.69, 9.17) is 51.7 Å². The van der Waals surface area contributed by atoms with Gasteiger partial charge in [-0.15, -0.1) is 25.3 Å². The van der Waals surface area contributed by atoms with Gasteiger partial charge >= 0.3 is 0 Å². The number of hydrogen-bond donors (Lipinski definition) is 2. The normalized spacial score (nSPS) is 12.5. The fraction of sp³-hybridized carbons (Fsp3) is 0.300. The predicted molar refractivity (Wildman–Crippen MR) is 92.6 cm³/mol. The van der Waals surface area contributed by atoms with Crippen LogP contribution in [0.3, 0.4) is 0 Å². The van der Waals surface area contributed by atoms with Crippen LogP contribution in [0.4, 0.5) is 0 Å². The van der Waals surface area contributed by atoms with Crippen LogP contribution in [0.2, 0.25) is 0 Å². The number of allylic oxidation sites excluding steroid dienone is 4. The fourth-order valence-corrected chi connectivity index (χ4v) is 3.52. The lowest BCUT2D eigenvalue weighted by Gasteiger charge is -2.32. The van der Waals surface area contributed by atoms with Gasteiger partial charge in [0.05, 0.1) is 0 Å². The molecule has 0 bridgehead atoms. The number of nitrogens with zero attached hydrogens (tertiary/aromatic N) is 1. The van der Waals surface area contributed by atoms with Crippen LogP contribution >= 0.6 is 71.7 Å². The van der Waals surface area contributed by atoms with E-state index >= 15 is 0 Å². The number of thiol groups is 2. The summed E-state index contributed by atoms with van der Waals surface area (Å²) in [6.07, 6.45) is 0.780. The Kier molecular flexibility index (Phi) is 6.91. The molecule has 0 rings (SSSR count). The van der Waals surface area contributed by atoms with Gasteiger partial charge in [-0.05, 0) is 0 Å². The second kappa shape index (κ2) is 6.74. The summed E-state index contributed by atoms with van der Waals surface area (Å²) in [6, 6.07) is 1.47. The summed E-state index contributed by atoms with van der Waals surface area (Å²) in [5, 5.41) is 9.09. The molecule has 0 aliphatic carbocycles. The zero-order valence-corrected chi connectivity index (χ0v) is 15.6. The van der Waals surface area contributed by atoms with Crippen molar-refractivity contribution in [3.8, 4) is 6.07 Å². The maximum Gasteiger partial charge on any atom is 0.185 e. The molecule has 0 N–H and O–H groups in total. The molecule has 0 heterocycles. The number of halogens is 4. The van der Waals surface area contributed by atoms with Gasteiger partial charge in [-0.1, -0.05) is 59.6 Å². The van der Waals surface area contributed by atoms with Gasteiger partial charge in [-0.2, -0.15) is 5.26 Å². The average molecular weight is 413 g/mol. The topological polar surface area (TPSA) is 57.9 Å². The lowest BCUT2D eigenvalue weighted by atomic mass is 10.1. The lowest BCUT2D eigenvalue weighted by molar-refractivity contribution is 0.608. The van der Waals surface area contributed by atoms with Gasteiger partial charge < -0.3 is 0 Å². The highest BCUT2D eigenvalue weighted by atomic mass is 35.5. The minimum atomic E-state index is -4.02. The van der Waals surface area contributed by atoms with Crippen LogP contribution in [0.1, 0.15) is 0 Å². The van der Waals surface area contributed by atoms with E-state index in [0.717, 1.165) is 6.26 Å². The first-order valence-corrected chi connectivity index (χ1v) is 8.88. The molecule has 0 aliphatic rings. The standard InChI is InChI=1S/C10H9Cl4NO2S3/c1-5(18)9(11,12)8(10(13,14)6(2)19)7(4-15)20(3,16)17/h18-19H,1-2H2,3H3. The zero-order chi connectivity index (χ0) is 16.5. The first kappa shape index (κ1) is 20.5. The molecular formula is C10H9Cl4NO2S3. The third kappa shape index (κ3) is 4.26. The molecule has 0 unspecified atom stereocenters. The van der Waals surface area contributed by atoms with Crippen molar-refractivity contribution in [2.75, 3.05) is 6.26 Å². The number of alkyl halides is 4. The molecule has 0 spiro atoms. The van der Waals surface area contributed by atoms with Crippen molar-refractivity contribution < 1.29 is 8.42 Å². The largest absolute Gasteiger partial charge is 0.223 e. The van der Waals surface area contributed by atoms with E-state index in [1.54, 1.807) is 0 Å². The van der Waals surface area contributed by atoms with Crippen LogP contribution in [0.5, 0.6) is 0 Å². The summed E-state index contributed by atoms with van der Waals surface area (Å²) in [6.45, 7) is 6.82. The van der Waals surface area contributed by atoms with Gasteiger partial charge in [0.15, 0.2) is 18.5 Å². The highest BCUT2D eigenvalue weighted by molar-refractivity contribution is 7.95. The summed E-state index contributed by atoms with van der Waals surface area (Å²) in [5.74, 6) is 0. The van der Waals surface area contributed by atoms with Crippen molar-refractivity contribution in [2.45, 2.75) is 8.67 Å². The smallest absolute Gasteiger partial charge is 0.185 e. The lowest BCUT2D eigenvalue weighted by Crippen LogP contribution is -2.33. The third-order valence-electron chi connectivity index (χ3n) is 2.05. The van der Waals surface area contributed by atoms with Crippen LogP contribution in [-0.2, 0) is 9.84 Å². The summed E-state index contributed by atoms with van der Waals surface area (Å²) in [7, 11) is -4.02. The van der Waals surface area contributed by atoms with E-state index in [1.807, 2.05) is 0 Å². The number of hydrogen-bond acceptors (Lipinski definition) is 5. The van der Waals surface area contributed by atoms with Crippen LogP contribution in [-0.4, -0.2) is 23.3 Å². The highest BCUT2D eigenvalue weighted by Gasteiger charge is 2.48. The summed E-state index contributed by atoms with van der Waals surface area (Å²) < 4.78 is 19.2. The summed E-state index contributed by atoms with van der Waals surface area (Å²) in [4.78, 5) is -1.15. The van der Waals surface area contributed by atoms with E-state index < -0.39 is 29.0 Å². The van der Waals surface area contributed by atoms with Crippen molar-refractivity contribution in [1.82, 2.24) is 0 Å². The minimum Gasteiger partial charge on any atom is -0.223 e. The predicted octanol–water partition coefficient (Wildman–Crippen LogP) is 4.04. The molecule has 0 aromatic heterocycles. The Morgan fingerprint density at radius 3 is 1.55 bits per heavy atom. The zero-order valence-electron chi connectivity index (χ0n) is 9.99. The van der Waals surface area contributed by atoms with Gasteiger partial charge in [0, 0.05) is 21.6 Å². The van der Waals surface area contributed by atoms with Crippen molar-refractivity contribution in [2.24, 2.45) is 0 Å². The van der Waals surface area contributed by atoms with Crippen molar-refractivity contribution in [3.63, 3.8) is 0 Å². The van der Waals surface area contributed by atoms with Crippen molar-refractivity contribution in [3.05, 3.63) is 33.4 Å². The Hall–Kier alpha value is 0.520. The maximum atomic E-state index is 11.7. The summed E-state index contributed by atoms with van der Waals surface area (Å²) >= 11 is 31.8. The Labute approximate surface area is 148 Å². The molecule has 0 aromatic rings. The Morgan fingerprint density at radius 2 is 1.40 bits per heavy atom. The van der Waals surface area contributed by atoms with Crippen molar-refractivity contribution in [1.29, 1.82) is 5.26 Å². The molecule has 0 saturated heterocycles. The summed E-state index contributed by atoms with van der Waals surface area (Å²) in [5.41, 5.74) is -0.540. The Balaban J connectivity index is 6.91. The van der Waals surface area contributed by atoms with E-state index in [2.05, 4.69) is 38.4 Å². The SMILES string of the molecule is C=C(S)C(Cl)(Cl)C(=C(C#N)S(C)(=O)=O)C(Cl)(Cl)C(=C)S. The first-order chi connectivity index (χ1) is 8.70. The molecule has 0 aliphatic heterocycles. The average Bonchev–Trinajstić information content (AvgIpc) is 2.22. The number of nitriles is 1. The van der Waals surface area contributed by atoms with E-state index in [-0.39, 0.29) is 9.81 Å². The highest BCUT2D eigenvalue weighted by Crippen LogP contribution is 2.52. The van der Waals surface area contributed by atoms with E-state index in [1.165, 1.54) is 6.07 Å². The van der Waals surface area contributed by atoms with Gasteiger partial charge in [-0.25, -0.2) is 8.42 Å². The minimum absolute atomic E-state index is 0.174. The van der Waals surface area contributed by atoms with Gasteiger partial charge in [-0.3, -0.25) is 0 Å². The monoisotopic (exact) mass is 411 g/mol. The van der Waals surface area contributed by atoms with E-state index in [0.29, 0.717) is 0 Å². The molecule has 3 nitrogen and oxygen atoms in total. The van der Waals surface area contributed by atoms with Crippen molar-refractivity contribution >= 4 is 81.5 Å². The number of sulfone groups is 1. The second-order valence-corrected chi connectivity index (χ2v) is 9.32. The van der Waals surface area contributed by atoms with Crippen LogP contribution in [0, 0.1) is 11.3 Å². The quantitative estimate of drug-likeness (QED) is 0.407. The third-order valence-corrected chi connectivity index (χ3v) is 5.96. The van der Waals surface area contributed by atoms with Gasteiger partial charge in [0.1, 0.15) is 11.0 Å². The molecule has 0 radical (unpaired) electrons. The van der Waals surface area contributed by atoms with Crippen LogP contribution < -0.4 is 0 Å². The molecule has 0 atom stereocenters. The Morgan fingerprint density at radius 1 is 1.10 bits per heavy atom. The second-order valence-electron chi connectivity index (χ2n) is 3.63. The maximum absolute atomic E-state index is 11.7. The molecule has 0 saturated carbocycles. The molecule has 0 aromatic carbocycles. The molecule has 20 heavy (non-hydrogen) atoms. The Bertz CT molecular complexity index is 601. The first-order valence-electron chi connectivity index (χ1n) is 4.58.